The lowest BCUT2D eigenvalue weighted by molar-refractivity contribution is 0.0270. The molecule has 2 aromatic rings. The van der Waals surface area contributed by atoms with E-state index >= 15 is 0 Å². The fourth-order valence-electron chi connectivity index (χ4n) is 7.40. The Bertz CT molecular complexity index is 2850. The molecule has 0 unspecified atom stereocenters. The third-order valence-corrected chi connectivity index (χ3v) is 14.8. The van der Waals surface area contributed by atoms with Crippen molar-refractivity contribution >= 4 is 52.1 Å². The summed E-state index contributed by atoms with van der Waals surface area (Å²) >= 11 is 0. The van der Waals surface area contributed by atoms with Crippen LogP contribution in [0.3, 0.4) is 0 Å². The van der Waals surface area contributed by atoms with Gasteiger partial charge in [0.05, 0.1) is 24.4 Å². The number of terminal acetylenes is 1. The first-order valence-electron chi connectivity index (χ1n) is 38.5. The van der Waals surface area contributed by atoms with E-state index in [9.17, 15) is 27.4 Å². The Morgan fingerprint density at radius 1 is 0.404 bits per heavy atom. The summed E-state index contributed by atoms with van der Waals surface area (Å²) in [5.41, 5.74) is 28.0. The first-order chi connectivity index (χ1) is 54.7. The Hall–Kier alpha value is -5.50. The van der Waals surface area contributed by atoms with Crippen LogP contribution < -0.4 is 0 Å². The Morgan fingerprint density at radius 2 is 0.684 bits per heavy atom. The highest BCUT2D eigenvalue weighted by Gasteiger charge is 2.16. The van der Waals surface area contributed by atoms with Gasteiger partial charge < -0.3 is 28.4 Å². The van der Waals surface area contributed by atoms with E-state index in [4.69, 9.17) is 64.0 Å². The van der Waals surface area contributed by atoms with Crippen LogP contribution in [0.4, 0.5) is 0 Å². The van der Waals surface area contributed by atoms with Crippen molar-refractivity contribution in [2.45, 2.75) is 282 Å². The molecule has 0 spiro atoms. The summed E-state index contributed by atoms with van der Waals surface area (Å²) in [7, 11) is -3.22. The second-order valence-electron chi connectivity index (χ2n) is 23.7. The van der Waals surface area contributed by atoms with Gasteiger partial charge >= 0.3 is 52.1 Å². The van der Waals surface area contributed by atoms with Crippen molar-refractivity contribution in [3.63, 3.8) is 0 Å². The third kappa shape index (κ3) is 120. The van der Waals surface area contributed by atoms with Crippen LogP contribution in [0.2, 0.25) is 0 Å². The normalized spacial score (nSPS) is 11.4. The van der Waals surface area contributed by atoms with Gasteiger partial charge in [-0.25, -0.2) is 32.1 Å². The van der Waals surface area contributed by atoms with E-state index in [0.29, 0.717) is 31.0 Å². The lowest BCUT2D eigenvalue weighted by Crippen LogP contribution is -2.12. The van der Waals surface area contributed by atoms with Gasteiger partial charge in [0, 0.05) is 134 Å². The molecule has 2 rings (SSSR count). The Labute approximate surface area is 695 Å². The van der Waals surface area contributed by atoms with Gasteiger partial charge in [0.2, 0.25) is 0 Å². The summed E-state index contributed by atoms with van der Waals surface area (Å²) in [4.78, 5) is 5.39. The van der Waals surface area contributed by atoms with E-state index in [1.54, 1.807) is 21.8 Å². The minimum absolute atomic E-state index is 0.116. The summed E-state index contributed by atoms with van der Waals surface area (Å²) in [6.45, 7) is 61.6. The average Bonchev–Trinajstić information content (AvgIpc) is 1.77. The minimum atomic E-state index is -0.889. The highest BCUT2D eigenvalue weighted by atomic mass is 31.1. The molecule has 0 fully saturated rings. The Balaban J connectivity index is -0.000000161. The van der Waals surface area contributed by atoms with Crippen LogP contribution in [0.25, 0.3) is 20.9 Å². The van der Waals surface area contributed by atoms with Crippen molar-refractivity contribution in [2.24, 2.45) is 10.2 Å². The number of ether oxygens (including phenoxy) is 6. The van der Waals surface area contributed by atoms with Gasteiger partial charge in [0.15, 0.2) is 18.9 Å². The molecule has 0 amide bonds. The monoisotopic (exact) mass is 1720 g/mol. The van der Waals surface area contributed by atoms with Crippen molar-refractivity contribution < 1.29 is 83.0 Å². The maximum Gasteiger partial charge on any atom is 0.329 e. The van der Waals surface area contributed by atoms with Gasteiger partial charge in [0.25, 0.3) is 0 Å². The van der Waals surface area contributed by atoms with Crippen LogP contribution in [-0.2, 0) is 109 Å². The lowest BCUT2D eigenvalue weighted by atomic mass is 10.1. The van der Waals surface area contributed by atoms with Crippen molar-refractivity contribution in [1.82, 2.24) is 30.0 Å². The van der Waals surface area contributed by atoms with Crippen LogP contribution in [0.15, 0.2) is 116 Å². The number of aryl methyl sites for hydroxylation is 1. The van der Waals surface area contributed by atoms with E-state index in [-0.39, 0.29) is 19.3 Å². The Kier molecular flexibility index (Phi) is 122. The summed E-state index contributed by atoms with van der Waals surface area (Å²) in [5, 5.41) is 22.9. The molecule has 0 aliphatic rings. The van der Waals surface area contributed by atoms with Crippen molar-refractivity contribution in [2.75, 3.05) is 92.4 Å². The highest BCUT2D eigenvalue weighted by molar-refractivity contribution is 7.18. The topological polar surface area (TPSA) is 372 Å². The summed E-state index contributed by atoms with van der Waals surface area (Å²) in [5.74, 6) is 2.20. The molecule has 0 aromatic carbocycles. The third-order valence-electron chi connectivity index (χ3n) is 12.8. The van der Waals surface area contributed by atoms with Crippen molar-refractivity contribution in [1.29, 1.82) is 0 Å². The summed E-state index contributed by atoms with van der Waals surface area (Å²) in [6.07, 6.45) is 33.9. The second kappa shape index (κ2) is 110. The number of hydrogen-bond donors (Lipinski definition) is 0. The van der Waals surface area contributed by atoms with Crippen LogP contribution in [0, 0.1) is 12.3 Å². The van der Waals surface area contributed by atoms with Crippen LogP contribution >= 0.6 is 52.1 Å². The van der Waals surface area contributed by atoms with Gasteiger partial charge in [-0.3, -0.25) is 31.8 Å². The quantitative estimate of drug-likeness (QED) is 0.00867. The first kappa shape index (κ1) is 127. The molecular weight excluding hydrogens is 1580 g/mol. The molecule has 36 heteroatoms. The fraction of sp³-hybridized carbons (Fsp3) is 0.718. The molecule has 0 saturated heterocycles. The molecule has 0 aliphatic heterocycles. The smallest absolute Gasteiger partial charge is 0.329 e. The zero-order valence-corrected chi connectivity index (χ0v) is 78.9. The largest absolute Gasteiger partial charge is 0.382 e. The molecule has 0 bridgehead atoms. The molecule has 0 aliphatic carbocycles. The van der Waals surface area contributed by atoms with Crippen molar-refractivity contribution in [3.8, 4) is 12.3 Å². The fourth-order valence-corrected chi connectivity index (χ4v) is 8.88. The minimum Gasteiger partial charge on any atom is -0.382 e. The predicted molar refractivity (Wildman–Crippen MR) is 464 cm³/mol. The van der Waals surface area contributed by atoms with E-state index < -0.39 is 71.0 Å². The number of nitrogens with zero attached hydrogens (tertiary/aromatic N) is 12. The number of aromatic nitrogens is 6. The van der Waals surface area contributed by atoms with Gasteiger partial charge in [-0.1, -0.05) is 114 Å². The van der Waals surface area contributed by atoms with Crippen LogP contribution in [-0.4, -0.2) is 141 Å². The Morgan fingerprint density at radius 3 is 0.965 bits per heavy atom. The number of azide groups is 2. The molecule has 0 saturated carbocycles. The highest BCUT2D eigenvalue weighted by Crippen LogP contribution is 2.18. The molecule has 0 N–H and O–H groups in total. The number of allylic oxidation sites excluding steroid dienone is 14. The van der Waals surface area contributed by atoms with E-state index in [1.807, 2.05) is 89.2 Å². The SMILES string of the molecule is C#CCC(OP=O)OP=O.CC(C)=CCCC(C)=CCCN=[N+]=[N-].CC(C)=CCCC(C)=CCCn1cc(CC(OP=O)OP=O)nn1.CC(C)=CCCC(C)=CCN=[N+]=[N-].CC(C)=CCCC(C)=CCn1cc(CC(OP=O)OP=O)nn1.CCOCC.CCOCC.CCOCC.CCOCC.CCOCC.CCOCC. The number of hydrogen-bond acceptors (Lipinski definition) is 24. The maximum atomic E-state index is 10.4. The lowest BCUT2D eigenvalue weighted by Gasteiger charge is -2.06. The number of rotatable bonds is 51. The summed E-state index contributed by atoms with van der Waals surface area (Å²) in [6, 6.07) is 0. The molecule has 30 nitrogen and oxygen atoms in total. The van der Waals surface area contributed by atoms with Gasteiger partial charge in [0.1, 0.15) is 0 Å². The summed E-state index contributed by atoms with van der Waals surface area (Å²) < 4.78 is 121. The first-order valence-corrected chi connectivity index (χ1v) is 42.9. The predicted octanol–water partition coefficient (Wildman–Crippen LogP) is 25.4. The van der Waals surface area contributed by atoms with Gasteiger partial charge in [-0.15, -0.1) is 22.5 Å². The molecule has 2 aromatic heterocycles. The molecule has 0 radical (unpaired) electrons. The zero-order chi connectivity index (χ0) is 88.3. The molecule has 2 heterocycles. The van der Waals surface area contributed by atoms with E-state index in [1.165, 1.54) is 44.6 Å². The second-order valence-corrected chi connectivity index (χ2v) is 25.9. The van der Waals surface area contributed by atoms with Crippen LogP contribution in [0.1, 0.15) is 248 Å². The average molecular weight is 1720 g/mol. The molecule has 654 valence electrons. The van der Waals surface area contributed by atoms with Crippen molar-refractivity contribution in [3.05, 3.63) is 138 Å². The molecule has 114 heavy (non-hydrogen) atoms. The van der Waals surface area contributed by atoms with Crippen LogP contribution in [0.5, 0.6) is 0 Å². The molecular formula is C78H144N12O18P6. The zero-order valence-electron chi connectivity index (χ0n) is 73.5. The van der Waals surface area contributed by atoms with E-state index in [2.05, 4.69) is 181 Å². The van der Waals surface area contributed by atoms with Gasteiger partial charge in [-0.05, 0) is 241 Å². The molecule has 0 atom stereocenters. The standard InChI is InChI=1S/C15H23N3O4P2.C14H21N3O4P2.C11H19N3.C10H17N3.C4H4O4P2.6C4H10O/c1-12(2)6-4-7-13(3)8-5-9-18-11-14(16-17-18)10-15(21-23-19)22-24-20;1-11(2)5-4-6-12(3)7-8-17-10-13(15-16-17)9-14(20-22-18)21-23-19;1-10(2)6-4-7-11(3)8-5-9-13-14-12;1-9(2)5-4-6-10(3)7-8-12-13-11;1-2-3-4(7-9-5)8-10-6;6*1-3-5-4-2/h6,8,11,15H,4-5,7,9-10H2,1-3H3;5,7,10,14H,4,6,8-9H2,1-3H3;6,8H,4-5,7,9H2,1-3H3;5,7H,4,6,8H2,1-3H3;1,4H,3H2;6*3-4H2,1-2H3. The van der Waals surface area contributed by atoms with Gasteiger partial charge in [-0.2, -0.15) is 0 Å². The van der Waals surface area contributed by atoms with E-state index in [0.717, 1.165) is 150 Å². The maximum absolute atomic E-state index is 10.4.